The van der Waals surface area contributed by atoms with Gasteiger partial charge >= 0.3 is 0 Å². The molecule has 1 aliphatic heterocycles. The van der Waals surface area contributed by atoms with Gasteiger partial charge in [0.15, 0.2) is 0 Å². The van der Waals surface area contributed by atoms with Crippen molar-refractivity contribution in [2.75, 3.05) is 0 Å². The van der Waals surface area contributed by atoms with Gasteiger partial charge in [-0.05, 0) is 43.5 Å². The maximum atomic E-state index is 12.6. The maximum Gasteiger partial charge on any atom is 0.282 e. The number of hydrogen-bond donors (Lipinski definition) is 0. The Kier molecular flexibility index (Phi) is 3.67. The van der Waals surface area contributed by atoms with E-state index in [1.54, 1.807) is 0 Å². The van der Waals surface area contributed by atoms with Gasteiger partial charge in [-0.3, -0.25) is 24.6 Å². The number of imide groups is 1. The molecule has 2 aromatic carbocycles. The fraction of sp³-hybridized carbons (Fsp3) is 0.222. The molecule has 2 aromatic rings. The largest absolute Gasteiger partial charge is 0.282 e. The molecule has 0 saturated heterocycles. The third-order valence-electron chi connectivity index (χ3n) is 4.33. The summed E-state index contributed by atoms with van der Waals surface area (Å²) >= 11 is 0. The third kappa shape index (κ3) is 2.36. The van der Waals surface area contributed by atoms with Gasteiger partial charge in [0.05, 0.1) is 17.0 Å². The van der Waals surface area contributed by atoms with Crippen molar-refractivity contribution in [1.82, 2.24) is 4.90 Å². The zero-order valence-corrected chi connectivity index (χ0v) is 13.6. The number of nitrogens with zero attached hydrogens (tertiary/aromatic N) is 2. The van der Waals surface area contributed by atoms with Crippen molar-refractivity contribution in [2.24, 2.45) is 0 Å². The number of benzene rings is 2. The predicted molar refractivity (Wildman–Crippen MR) is 88.0 cm³/mol. The molecular formula is C18H16N2O4. The van der Waals surface area contributed by atoms with E-state index < -0.39 is 16.7 Å². The molecule has 1 aliphatic rings. The number of fused-ring (bicyclic) bond motifs is 1. The quantitative estimate of drug-likeness (QED) is 0.493. The van der Waals surface area contributed by atoms with Crippen molar-refractivity contribution in [2.45, 2.75) is 27.3 Å². The minimum Gasteiger partial charge on any atom is -0.270 e. The number of amides is 2. The third-order valence-corrected chi connectivity index (χ3v) is 4.33. The Morgan fingerprint density at radius 3 is 2.25 bits per heavy atom. The first-order valence-corrected chi connectivity index (χ1v) is 7.51. The average molecular weight is 324 g/mol. The fourth-order valence-corrected chi connectivity index (χ4v) is 3.23. The SMILES string of the molecule is Cc1cc(C)c(CN2C(=O)c3cccc([N+](=O)[O-])c3C2=O)c(C)c1. The van der Waals surface area contributed by atoms with E-state index in [1.807, 2.05) is 32.9 Å². The van der Waals surface area contributed by atoms with Crippen LogP contribution in [-0.4, -0.2) is 21.6 Å². The van der Waals surface area contributed by atoms with Crippen LogP contribution < -0.4 is 0 Å². The highest BCUT2D eigenvalue weighted by atomic mass is 16.6. The van der Waals surface area contributed by atoms with Gasteiger partial charge in [-0.15, -0.1) is 0 Å². The lowest BCUT2D eigenvalue weighted by atomic mass is 9.99. The van der Waals surface area contributed by atoms with E-state index in [0.29, 0.717) is 0 Å². The van der Waals surface area contributed by atoms with E-state index in [4.69, 9.17) is 0 Å². The van der Waals surface area contributed by atoms with Crippen LogP contribution >= 0.6 is 0 Å². The van der Waals surface area contributed by atoms with E-state index in [0.717, 1.165) is 27.2 Å². The Morgan fingerprint density at radius 2 is 1.67 bits per heavy atom. The van der Waals surface area contributed by atoms with E-state index in [-0.39, 0.29) is 23.4 Å². The molecular weight excluding hydrogens is 308 g/mol. The molecule has 0 fully saturated rings. The average Bonchev–Trinajstić information content (AvgIpc) is 2.75. The zero-order valence-electron chi connectivity index (χ0n) is 13.6. The summed E-state index contributed by atoms with van der Waals surface area (Å²) in [6.45, 7) is 5.95. The highest BCUT2D eigenvalue weighted by molar-refractivity contribution is 6.23. The van der Waals surface area contributed by atoms with Crippen molar-refractivity contribution < 1.29 is 14.5 Å². The van der Waals surface area contributed by atoms with Gasteiger partial charge in [0.2, 0.25) is 0 Å². The Bertz CT molecular complexity index is 879. The van der Waals surface area contributed by atoms with Crippen LogP contribution in [-0.2, 0) is 6.54 Å². The first-order chi connectivity index (χ1) is 11.3. The lowest BCUT2D eigenvalue weighted by molar-refractivity contribution is -0.385. The number of nitro benzene ring substituents is 1. The fourth-order valence-electron chi connectivity index (χ4n) is 3.23. The van der Waals surface area contributed by atoms with Crippen molar-refractivity contribution in [3.8, 4) is 0 Å². The number of hydrogen-bond acceptors (Lipinski definition) is 4. The van der Waals surface area contributed by atoms with E-state index >= 15 is 0 Å². The topological polar surface area (TPSA) is 80.5 Å². The molecule has 6 heteroatoms. The van der Waals surface area contributed by atoms with Gasteiger partial charge in [0, 0.05) is 6.07 Å². The van der Waals surface area contributed by atoms with Gasteiger partial charge in [0.1, 0.15) is 5.56 Å². The van der Waals surface area contributed by atoms with Gasteiger partial charge in [-0.2, -0.15) is 0 Å². The van der Waals surface area contributed by atoms with E-state index in [1.165, 1.54) is 18.2 Å². The number of aryl methyl sites for hydroxylation is 3. The minimum absolute atomic E-state index is 0.0941. The molecule has 0 unspecified atom stereocenters. The number of nitro groups is 1. The molecule has 0 atom stereocenters. The van der Waals surface area contributed by atoms with Crippen molar-refractivity contribution in [3.63, 3.8) is 0 Å². The summed E-state index contributed by atoms with van der Waals surface area (Å²) in [4.78, 5) is 36.8. The van der Waals surface area contributed by atoms with Crippen LogP contribution in [0.4, 0.5) is 5.69 Å². The molecule has 1 heterocycles. The van der Waals surface area contributed by atoms with Crippen LogP contribution in [0.5, 0.6) is 0 Å². The van der Waals surface area contributed by atoms with Crippen LogP contribution in [0.25, 0.3) is 0 Å². The molecule has 0 aromatic heterocycles. The predicted octanol–water partition coefficient (Wildman–Crippen LogP) is 3.32. The molecule has 24 heavy (non-hydrogen) atoms. The highest BCUT2D eigenvalue weighted by Gasteiger charge is 2.41. The van der Waals surface area contributed by atoms with Crippen molar-refractivity contribution >= 4 is 17.5 Å². The molecule has 0 saturated carbocycles. The molecule has 122 valence electrons. The monoisotopic (exact) mass is 324 g/mol. The first kappa shape index (κ1) is 15.9. The van der Waals surface area contributed by atoms with Crippen LogP contribution in [0.3, 0.4) is 0 Å². The van der Waals surface area contributed by atoms with Gasteiger partial charge in [0.25, 0.3) is 17.5 Å². The normalized spacial score (nSPS) is 13.4. The summed E-state index contributed by atoms with van der Waals surface area (Å²) in [5.41, 5.74) is 3.61. The Labute approximate surface area is 138 Å². The van der Waals surface area contributed by atoms with Crippen LogP contribution in [0, 0.1) is 30.9 Å². The van der Waals surface area contributed by atoms with E-state index in [2.05, 4.69) is 0 Å². The summed E-state index contributed by atoms with van der Waals surface area (Å²) < 4.78 is 0. The van der Waals surface area contributed by atoms with Crippen molar-refractivity contribution in [1.29, 1.82) is 0 Å². The standard InChI is InChI=1S/C18H16N2O4/c1-10-7-11(2)14(12(3)8-10)9-19-17(21)13-5-4-6-15(20(23)24)16(13)18(19)22/h4-8H,9H2,1-3H3. The minimum atomic E-state index is -0.629. The van der Waals surface area contributed by atoms with Crippen LogP contribution in [0.15, 0.2) is 30.3 Å². The molecule has 0 bridgehead atoms. The number of rotatable bonds is 3. The second-order valence-corrected chi connectivity index (χ2v) is 6.03. The Hall–Kier alpha value is -3.02. The van der Waals surface area contributed by atoms with Gasteiger partial charge in [-0.25, -0.2) is 0 Å². The Morgan fingerprint density at radius 1 is 1.04 bits per heavy atom. The van der Waals surface area contributed by atoms with E-state index in [9.17, 15) is 19.7 Å². The van der Waals surface area contributed by atoms with Gasteiger partial charge < -0.3 is 0 Å². The summed E-state index contributed by atoms with van der Waals surface area (Å²) in [7, 11) is 0. The molecule has 6 nitrogen and oxygen atoms in total. The van der Waals surface area contributed by atoms with Crippen molar-refractivity contribution in [3.05, 3.63) is 73.8 Å². The van der Waals surface area contributed by atoms with Crippen LogP contribution in [0.2, 0.25) is 0 Å². The zero-order chi connectivity index (χ0) is 17.6. The molecule has 0 N–H and O–H groups in total. The molecule has 3 rings (SSSR count). The summed E-state index contributed by atoms with van der Waals surface area (Å²) in [5.74, 6) is -1.10. The lowest BCUT2D eigenvalue weighted by Crippen LogP contribution is -2.30. The molecule has 0 spiro atoms. The van der Waals surface area contributed by atoms with Gasteiger partial charge in [-0.1, -0.05) is 23.8 Å². The first-order valence-electron chi connectivity index (χ1n) is 7.51. The van der Waals surface area contributed by atoms with Crippen LogP contribution in [0.1, 0.15) is 43.0 Å². The maximum absolute atomic E-state index is 12.6. The summed E-state index contributed by atoms with van der Waals surface area (Å²) in [6.07, 6.45) is 0. The second kappa shape index (κ2) is 5.56. The lowest BCUT2D eigenvalue weighted by Gasteiger charge is -2.18. The summed E-state index contributed by atoms with van der Waals surface area (Å²) in [5, 5.41) is 11.1. The highest BCUT2D eigenvalue weighted by Crippen LogP contribution is 2.32. The molecule has 2 amide bonds. The smallest absolute Gasteiger partial charge is 0.270 e. The summed E-state index contributed by atoms with van der Waals surface area (Å²) in [6, 6.07) is 8.10. The number of carbonyl (C=O) groups excluding carboxylic acids is 2. The second-order valence-electron chi connectivity index (χ2n) is 6.03. The number of carbonyl (C=O) groups is 2. The Balaban J connectivity index is 2.04. The molecule has 0 aliphatic carbocycles. The molecule has 0 radical (unpaired) electrons.